The summed E-state index contributed by atoms with van der Waals surface area (Å²) in [6.07, 6.45) is 0. The highest BCUT2D eigenvalue weighted by Gasteiger charge is 2.15. The molecule has 0 amide bonds. The van der Waals surface area contributed by atoms with E-state index in [1.54, 1.807) is 18.2 Å². The molecule has 5 nitrogen and oxygen atoms in total. The standard InChI is InChI=1S/C11H16N2O3/c1-13(14-2)7-8-5-10-11(6-9(8)12)16-4-3-15-10/h5-6H,3-4,7,12H2,1-2H3. The minimum atomic E-state index is 0.573. The second kappa shape index (κ2) is 4.59. The number of benzene rings is 1. The maximum absolute atomic E-state index is 5.93. The van der Waals surface area contributed by atoms with Crippen molar-refractivity contribution in [1.29, 1.82) is 0 Å². The first kappa shape index (κ1) is 11.0. The van der Waals surface area contributed by atoms with Gasteiger partial charge in [0, 0.05) is 18.8 Å². The zero-order valence-corrected chi connectivity index (χ0v) is 9.53. The lowest BCUT2D eigenvalue weighted by Gasteiger charge is -2.21. The van der Waals surface area contributed by atoms with Gasteiger partial charge in [0.15, 0.2) is 11.5 Å². The van der Waals surface area contributed by atoms with Crippen molar-refractivity contribution >= 4 is 5.69 Å². The van der Waals surface area contributed by atoms with Gasteiger partial charge in [-0.1, -0.05) is 0 Å². The van der Waals surface area contributed by atoms with Gasteiger partial charge in [0.1, 0.15) is 13.2 Å². The molecule has 0 aromatic heterocycles. The smallest absolute Gasteiger partial charge is 0.163 e. The SMILES string of the molecule is CON(C)Cc1cc2c(cc1N)OCCO2. The molecule has 1 aliphatic rings. The Morgan fingerprint density at radius 3 is 2.56 bits per heavy atom. The molecule has 0 fully saturated rings. The molecule has 0 unspecified atom stereocenters. The molecular formula is C11H16N2O3. The number of ether oxygens (including phenoxy) is 2. The van der Waals surface area contributed by atoms with Crippen molar-refractivity contribution in [2.45, 2.75) is 6.54 Å². The molecule has 0 radical (unpaired) electrons. The molecule has 2 N–H and O–H groups in total. The van der Waals surface area contributed by atoms with Gasteiger partial charge in [-0.3, -0.25) is 0 Å². The Hall–Kier alpha value is -1.46. The van der Waals surface area contributed by atoms with Crippen LogP contribution in [0.1, 0.15) is 5.56 Å². The van der Waals surface area contributed by atoms with Gasteiger partial charge in [-0.2, -0.15) is 5.06 Å². The first-order valence-corrected chi connectivity index (χ1v) is 5.14. The minimum Gasteiger partial charge on any atom is -0.486 e. The summed E-state index contributed by atoms with van der Waals surface area (Å²) < 4.78 is 10.9. The minimum absolute atomic E-state index is 0.573. The molecule has 16 heavy (non-hydrogen) atoms. The molecular weight excluding hydrogens is 208 g/mol. The van der Waals surface area contributed by atoms with Crippen LogP contribution >= 0.6 is 0 Å². The van der Waals surface area contributed by atoms with Crippen molar-refractivity contribution in [3.8, 4) is 11.5 Å². The van der Waals surface area contributed by atoms with Crippen LogP contribution in [-0.2, 0) is 11.4 Å². The Bertz CT molecular complexity index is 382. The molecule has 0 aliphatic carbocycles. The van der Waals surface area contributed by atoms with Gasteiger partial charge < -0.3 is 20.0 Å². The number of nitrogens with two attached hydrogens (primary N) is 1. The predicted molar refractivity (Wildman–Crippen MR) is 60.3 cm³/mol. The number of nitrogen functional groups attached to an aromatic ring is 1. The van der Waals surface area contributed by atoms with Crippen molar-refractivity contribution in [1.82, 2.24) is 5.06 Å². The van der Waals surface area contributed by atoms with E-state index in [1.807, 2.05) is 13.1 Å². The van der Waals surface area contributed by atoms with Gasteiger partial charge in [-0.25, -0.2) is 0 Å². The van der Waals surface area contributed by atoms with E-state index in [0.717, 1.165) is 11.3 Å². The summed E-state index contributed by atoms with van der Waals surface area (Å²) in [6, 6.07) is 3.70. The largest absolute Gasteiger partial charge is 0.486 e. The van der Waals surface area contributed by atoms with Gasteiger partial charge in [-0.05, 0) is 11.6 Å². The molecule has 1 aromatic rings. The van der Waals surface area contributed by atoms with Gasteiger partial charge in [-0.15, -0.1) is 0 Å². The quantitative estimate of drug-likeness (QED) is 0.614. The summed E-state index contributed by atoms with van der Waals surface area (Å²) in [6.45, 7) is 1.76. The topological polar surface area (TPSA) is 57.0 Å². The van der Waals surface area contributed by atoms with Crippen LogP contribution in [-0.4, -0.2) is 32.4 Å². The number of hydrogen-bond donors (Lipinski definition) is 1. The Labute approximate surface area is 94.6 Å². The van der Waals surface area contributed by atoms with E-state index >= 15 is 0 Å². The molecule has 0 atom stereocenters. The van der Waals surface area contributed by atoms with Gasteiger partial charge in [0.25, 0.3) is 0 Å². The molecule has 2 rings (SSSR count). The molecule has 0 saturated heterocycles. The molecule has 0 bridgehead atoms. The third-order valence-corrected chi connectivity index (χ3v) is 2.51. The highest BCUT2D eigenvalue weighted by Crippen LogP contribution is 2.34. The molecule has 1 heterocycles. The number of nitrogens with zero attached hydrogens (tertiary/aromatic N) is 1. The zero-order chi connectivity index (χ0) is 11.5. The lowest BCUT2D eigenvalue weighted by atomic mass is 10.1. The normalized spacial score (nSPS) is 14.2. The van der Waals surface area contributed by atoms with Crippen LogP contribution < -0.4 is 15.2 Å². The summed E-state index contributed by atoms with van der Waals surface area (Å²) >= 11 is 0. The maximum atomic E-state index is 5.93. The van der Waals surface area contributed by atoms with Gasteiger partial charge in [0.05, 0.1) is 13.7 Å². The summed E-state index contributed by atoms with van der Waals surface area (Å²) in [5.41, 5.74) is 7.58. The van der Waals surface area contributed by atoms with E-state index in [-0.39, 0.29) is 0 Å². The third-order valence-electron chi connectivity index (χ3n) is 2.51. The Kier molecular flexibility index (Phi) is 3.17. The monoisotopic (exact) mass is 224 g/mol. The van der Waals surface area contributed by atoms with E-state index in [0.29, 0.717) is 31.2 Å². The second-order valence-corrected chi connectivity index (χ2v) is 3.66. The van der Waals surface area contributed by atoms with Crippen molar-refractivity contribution in [3.63, 3.8) is 0 Å². The molecule has 0 spiro atoms. The van der Waals surface area contributed by atoms with Crippen molar-refractivity contribution in [3.05, 3.63) is 17.7 Å². The first-order valence-electron chi connectivity index (χ1n) is 5.14. The number of hydroxylamine groups is 2. The number of rotatable bonds is 3. The van der Waals surface area contributed by atoms with Gasteiger partial charge in [0.2, 0.25) is 0 Å². The van der Waals surface area contributed by atoms with Gasteiger partial charge >= 0.3 is 0 Å². The van der Waals surface area contributed by atoms with E-state index < -0.39 is 0 Å². The van der Waals surface area contributed by atoms with Crippen LogP contribution in [0.15, 0.2) is 12.1 Å². The average molecular weight is 224 g/mol. The van der Waals surface area contributed by atoms with Crippen molar-refractivity contribution in [2.24, 2.45) is 0 Å². The molecule has 88 valence electrons. The number of anilines is 1. The van der Waals surface area contributed by atoms with Crippen LogP contribution in [0, 0.1) is 0 Å². The Morgan fingerprint density at radius 1 is 1.31 bits per heavy atom. The molecule has 1 aromatic carbocycles. The maximum Gasteiger partial charge on any atom is 0.163 e. The average Bonchev–Trinajstić information content (AvgIpc) is 2.30. The zero-order valence-electron chi connectivity index (χ0n) is 9.53. The van der Waals surface area contributed by atoms with E-state index in [1.165, 1.54) is 0 Å². The second-order valence-electron chi connectivity index (χ2n) is 3.66. The molecule has 1 aliphatic heterocycles. The summed E-state index contributed by atoms with van der Waals surface area (Å²) in [7, 11) is 3.46. The summed E-state index contributed by atoms with van der Waals surface area (Å²) in [5.74, 6) is 1.47. The van der Waals surface area contributed by atoms with E-state index in [2.05, 4.69) is 0 Å². The third kappa shape index (κ3) is 2.20. The van der Waals surface area contributed by atoms with Crippen LogP contribution in [0.3, 0.4) is 0 Å². The van der Waals surface area contributed by atoms with Crippen LogP contribution in [0.25, 0.3) is 0 Å². The van der Waals surface area contributed by atoms with E-state index in [9.17, 15) is 0 Å². The summed E-state index contributed by atoms with van der Waals surface area (Å²) in [5, 5.41) is 1.70. The van der Waals surface area contributed by atoms with Crippen LogP contribution in [0.5, 0.6) is 11.5 Å². The molecule has 0 saturated carbocycles. The summed E-state index contributed by atoms with van der Waals surface area (Å²) in [4.78, 5) is 5.06. The van der Waals surface area contributed by atoms with E-state index in [4.69, 9.17) is 20.0 Å². The predicted octanol–water partition coefficient (Wildman–Crippen LogP) is 1.03. The lowest BCUT2D eigenvalue weighted by molar-refractivity contribution is -0.116. The Morgan fingerprint density at radius 2 is 1.94 bits per heavy atom. The van der Waals surface area contributed by atoms with Crippen molar-refractivity contribution in [2.75, 3.05) is 33.1 Å². The number of hydrogen-bond acceptors (Lipinski definition) is 5. The number of fused-ring (bicyclic) bond motifs is 1. The van der Waals surface area contributed by atoms with Crippen LogP contribution in [0.2, 0.25) is 0 Å². The Balaban J connectivity index is 2.25. The van der Waals surface area contributed by atoms with Crippen LogP contribution in [0.4, 0.5) is 5.69 Å². The highest BCUT2D eigenvalue weighted by molar-refractivity contribution is 5.58. The first-order chi connectivity index (χ1) is 7.70. The fourth-order valence-corrected chi connectivity index (χ4v) is 1.59. The van der Waals surface area contributed by atoms with Crippen molar-refractivity contribution < 1.29 is 14.3 Å². The molecule has 5 heteroatoms. The lowest BCUT2D eigenvalue weighted by Crippen LogP contribution is -2.19. The highest BCUT2D eigenvalue weighted by atomic mass is 16.7. The fourth-order valence-electron chi connectivity index (χ4n) is 1.59. The fraction of sp³-hybridized carbons (Fsp3) is 0.455.